The Labute approximate surface area is 115 Å². The largest absolute Gasteiger partial charge is 0.490 e. The molecule has 19 heavy (non-hydrogen) atoms. The van der Waals surface area contributed by atoms with E-state index in [4.69, 9.17) is 15.2 Å². The van der Waals surface area contributed by atoms with Crippen LogP contribution in [0.2, 0.25) is 0 Å². The maximum absolute atomic E-state index is 5.90. The summed E-state index contributed by atoms with van der Waals surface area (Å²) in [5.41, 5.74) is 5.90. The molecule has 1 heterocycles. The van der Waals surface area contributed by atoms with Crippen LogP contribution in [-0.4, -0.2) is 43.8 Å². The highest BCUT2D eigenvalue weighted by Crippen LogP contribution is 2.26. The molecule has 1 fully saturated rings. The summed E-state index contributed by atoms with van der Waals surface area (Å²) in [4.78, 5) is 2.41. The lowest BCUT2D eigenvalue weighted by atomic mass is 10.1. The third-order valence-electron chi connectivity index (χ3n) is 3.45. The zero-order valence-electron chi connectivity index (χ0n) is 11.7. The molecule has 4 heteroatoms. The number of ether oxygens (including phenoxy) is 2. The van der Waals surface area contributed by atoms with Crippen molar-refractivity contribution < 1.29 is 9.47 Å². The molecule has 1 aromatic rings. The Morgan fingerprint density at radius 1 is 1.16 bits per heavy atom. The molecule has 0 atom stereocenters. The van der Waals surface area contributed by atoms with E-state index in [0.29, 0.717) is 19.3 Å². The fourth-order valence-electron chi connectivity index (χ4n) is 2.31. The molecular formula is C15H24N2O2. The van der Waals surface area contributed by atoms with Crippen LogP contribution < -0.4 is 15.2 Å². The van der Waals surface area contributed by atoms with E-state index >= 15 is 0 Å². The number of nitrogens with zero attached hydrogens (tertiary/aromatic N) is 1. The molecule has 4 nitrogen and oxygen atoms in total. The molecule has 2 rings (SSSR count). The summed E-state index contributed by atoms with van der Waals surface area (Å²) in [6.07, 6.45) is 2.19. The number of likely N-dealkylation sites (tertiary alicyclic amines) is 1. The third-order valence-corrected chi connectivity index (χ3v) is 3.45. The molecule has 1 aliphatic rings. The average Bonchev–Trinajstić information content (AvgIpc) is 2.43. The molecule has 106 valence electrons. The van der Waals surface area contributed by atoms with Gasteiger partial charge in [-0.3, -0.25) is 4.90 Å². The number of piperidine rings is 1. The number of nitrogens with two attached hydrogens (primary N) is 1. The van der Waals surface area contributed by atoms with Gasteiger partial charge in [0.25, 0.3) is 0 Å². The van der Waals surface area contributed by atoms with Crippen LogP contribution in [0.25, 0.3) is 0 Å². The molecule has 0 unspecified atom stereocenters. The number of para-hydroxylation sites is 2. The van der Waals surface area contributed by atoms with Gasteiger partial charge in [-0.05, 0) is 45.0 Å². The number of hydrogen-bond acceptors (Lipinski definition) is 4. The van der Waals surface area contributed by atoms with Gasteiger partial charge in [0, 0.05) is 12.6 Å². The molecule has 0 aromatic heterocycles. The summed E-state index contributed by atoms with van der Waals surface area (Å²) in [6, 6.07) is 8.22. The molecule has 0 aliphatic carbocycles. The summed E-state index contributed by atoms with van der Waals surface area (Å²) in [5.74, 6) is 1.66. The first kappa shape index (κ1) is 14.2. The first-order chi connectivity index (χ1) is 9.29. The topological polar surface area (TPSA) is 47.7 Å². The fourth-order valence-corrected chi connectivity index (χ4v) is 2.31. The van der Waals surface area contributed by atoms with Crippen LogP contribution >= 0.6 is 0 Å². The van der Waals surface area contributed by atoms with Crippen molar-refractivity contribution >= 4 is 0 Å². The van der Waals surface area contributed by atoms with E-state index in [1.807, 2.05) is 31.2 Å². The van der Waals surface area contributed by atoms with Gasteiger partial charge in [-0.25, -0.2) is 0 Å². The smallest absolute Gasteiger partial charge is 0.161 e. The number of rotatable bonds is 6. The van der Waals surface area contributed by atoms with E-state index in [1.54, 1.807) is 0 Å². The molecule has 1 saturated heterocycles. The second kappa shape index (κ2) is 7.36. The highest BCUT2D eigenvalue weighted by Gasteiger charge is 2.15. The van der Waals surface area contributed by atoms with Crippen LogP contribution in [0.15, 0.2) is 24.3 Å². The lowest BCUT2D eigenvalue weighted by Crippen LogP contribution is -2.41. The zero-order valence-corrected chi connectivity index (χ0v) is 11.7. The van der Waals surface area contributed by atoms with Gasteiger partial charge in [-0.1, -0.05) is 12.1 Å². The predicted octanol–water partition coefficient (Wildman–Crippen LogP) is 1.89. The van der Waals surface area contributed by atoms with E-state index in [2.05, 4.69) is 4.90 Å². The van der Waals surface area contributed by atoms with Crippen LogP contribution in [0, 0.1) is 0 Å². The van der Waals surface area contributed by atoms with Crippen LogP contribution in [0.4, 0.5) is 0 Å². The highest BCUT2D eigenvalue weighted by atomic mass is 16.5. The van der Waals surface area contributed by atoms with E-state index in [-0.39, 0.29) is 0 Å². The van der Waals surface area contributed by atoms with Gasteiger partial charge in [-0.2, -0.15) is 0 Å². The predicted molar refractivity (Wildman–Crippen MR) is 76.8 cm³/mol. The van der Waals surface area contributed by atoms with Crippen molar-refractivity contribution in [3.05, 3.63) is 24.3 Å². The minimum atomic E-state index is 0.385. The second-order valence-corrected chi connectivity index (χ2v) is 4.91. The maximum Gasteiger partial charge on any atom is 0.161 e. The Morgan fingerprint density at radius 3 is 2.42 bits per heavy atom. The Hall–Kier alpha value is -1.26. The molecule has 1 aromatic carbocycles. The standard InChI is InChI=1S/C15H24N2O2/c1-2-18-14-5-3-4-6-15(14)19-12-11-17-9-7-13(16)8-10-17/h3-6,13H,2,7-12,16H2,1H3. The summed E-state index contributed by atoms with van der Waals surface area (Å²) in [5, 5.41) is 0. The van der Waals surface area contributed by atoms with Crippen LogP contribution in [0.1, 0.15) is 19.8 Å². The molecule has 0 spiro atoms. The van der Waals surface area contributed by atoms with Crippen molar-refractivity contribution in [3.63, 3.8) is 0 Å². The highest BCUT2D eigenvalue weighted by molar-refractivity contribution is 5.39. The summed E-state index contributed by atoms with van der Waals surface area (Å²) < 4.78 is 11.4. The molecule has 0 bridgehead atoms. The van der Waals surface area contributed by atoms with Gasteiger partial charge in [0.15, 0.2) is 11.5 Å². The summed E-state index contributed by atoms with van der Waals surface area (Å²) >= 11 is 0. The third kappa shape index (κ3) is 4.40. The van der Waals surface area contributed by atoms with Gasteiger partial charge in [-0.15, -0.1) is 0 Å². The first-order valence-corrected chi connectivity index (χ1v) is 7.12. The number of hydrogen-bond donors (Lipinski definition) is 1. The Morgan fingerprint density at radius 2 is 1.79 bits per heavy atom. The fraction of sp³-hybridized carbons (Fsp3) is 0.600. The molecular weight excluding hydrogens is 240 g/mol. The van der Waals surface area contributed by atoms with Crippen molar-refractivity contribution in [3.8, 4) is 11.5 Å². The lowest BCUT2D eigenvalue weighted by Gasteiger charge is -2.29. The Balaban J connectivity index is 1.76. The average molecular weight is 264 g/mol. The molecule has 0 radical (unpaired) electrons. The van der Waals surface area contributed by atoms with Crippen molar-refractivity contribution in [2.24, 2.45) is 5.73 Å². The zero-order chi connectivity index (χ0) is 13.5. The van der Waals surface area contributed by atoms with Crippen molar-refractivity contribution in [2.45, 2.75) is 25.8 Å². The van der Waals surface area contributed by atoms with Crippen molar-refractivity contribution in [1.29, 1.82) is 0 Å². The minimum absolute atomic E-state index is 0.385. The molecule has 0 amide bonds. The van der Waals surface area contributed by atoms with Crippen molar-refractivity contribution in [1.82, 2.24) is 4.90 Å². The van der Waals surface area contributed by atoms with Gasteiger partial charge in [0.1, 0.15) is 6.61 Å². The van der Waals surface area contributed by atoms with Gasteiger partial charge >= 0.3 is 0 Å². The Bertz CT molecular complexity index is 376. The van der Waals surface area contributed by atoms with Gasteiger partial charge in [0.2, 0.25) is 0 Å². The molecule has 1 aliphatic heterocycles. The van der Waals surface area contributed by atoms with Crippen LogP contribution in [0.3, 0.4) is 0 Å². The SMILES string of the molecule is CCOc1ccccc1OCCN1CCC(N)CC1. The summed E-state index contributed by atoms with van der Waals surface area (Å²) in [6.45, 7) is 6.44. The van der Waals surface area contributed by atoms with Gasteiger partial charge < -0.3 is 15.2 Å². The van der Waals surface area contributed by atoms with Crippen LogP contribution in [0.5, 0.6) is 11.5 Å². The normalized spacial score (nSPS) is 17.4. The van der Waals surface area contributed by atoms with E-state index in [9.17, 15) is 0 Å². The van der Waals surface area contributed by atoms with E-state index in [1.165, 1.54) is 0 Å². The molecule has 0 saturated carbocycles. The van der Waals surface area contributed by atoms with Crippen molar-refractivity contribution in [2.75, 3.05) is 32.8 Å². The second-order valence-electron chi connectivity index (χ2n) is 4.91. The molecule has 2 N–H and O–H groups in total. The summed E-state index contributed by atoms with van der Waals surface area (Å²) in [7, 11) is 0. The van der Waals surface area contributed by atoms with Crippen LogP contribution in [-0.2, 0) is 0 Å². The monoisotopic (exact) mass is 264 g/mol. The number of benzene rings is 1. The van der Waals surface area contributed by atoms with E-state index in [0.717, 1.165) is 44.0 Å². The maximum atomic E-state index is 5.90. The quantitative estimate of drug-likeness (QED) is 0.852. The van der Waals surface area contributed by atoms with E-state index < -0.39 is 0 Å². The van der Waals surface area contributed by atoms with Gasteiger partial charge in [0.05, 0.1) is 6.61 Å². The minimum Gasteiger partial charge on any atom is -0.490 e. The lowest BCUT2D eigenvalue weighted by molar-refractivity contribution is 0.171. The Kier molecular flexibility index (Phi) is 5.48. The first-order valence-electron chi connectivity index (χ1n) is 7.12.